The molecule has 7 nitrogen and oxygen atoms in total. The van der Waals surface area contributed by atoms with Crippen LogP contribution in [0.4, 0.5) is 4.79 Å². The van der Waals surface area contributed by atoms with E-state index in [2.05, 4.69) is 10.6 Å². The third kappa shape index (κ3) is 4.09. The summed E-state index contributed by atoms with van der Waals surface area (Å²) in [5.74, 6) is -1.11. The molecule has 3 N–H and O–H groups in total. The number of hydrogen-bond acceptors (Lipinski definition) is 3. The predicted octanol–water partition coefficient (Wildman–Crippen LogP) is 0.797. The molecule has 0 aromatic rings. The fourth-order valence-electron chi connectivity index (χ4n) is 1.99. The Labute approximate surface area is 125 Å². The zero-order valence-corrected chi connectivity index (χ0v) is 13.2. The third-order valence-corrected chi connectivity index (χ3v) is 4.38. The van der Waals surface area contributed by atoms with Gasteiger partial charge in [0.15, 0.2) is 0 Å². The molecule has 0 unspecified atom stereocenters. The summed E-state index contributed by atoms with van der Waals surface area (Å²) in [5, 5.41) is 14.3. The predicted molar refractivity (Wildman–Crippen MR) is 77.8 cm³/mol. The van der Waals surface area contributed by atoms with Gasteiger partial charge in [-0.25, -0.2) is 4.79 Å². The molecule has 0 atom stereocenters. The monoisotopic (exact) mass is 299 g/mol. The normalized spacial score (nSPS) is 15.7. The maximum absolute atomic E-state index is 11.9. The van der Waals surface area contributed by atoms with Crippen LogP contribution < -0.4 is 10.6 Å². The van der Waals surface area contributed by atoms with Crippen LogP contribution in [0.2, 0.25) is 0 Å². The van der Waals surface area contributed by atoms with Crippen LogP contribution in [-0.4, -0.2) is 53.1 Å². The van der Waals surface area contributed by atoms with Gasteiger partial charge in [-0.1, -0.05) is 0 Å². The largest absolute Gasteiger partial charge is 0.481 e. The number of nitrogens with zero attached hydrogens (tertiary/aromatic N) is 1. The number of carbonyl (C=O) groups excluding carboxylic acids is 2. The van der Waals surface area contributed by atoms with Crippen LogP contribution in [0.5, 0.6) is 0 Å². The Balaban J connectivity index is 2.49. The van der Waals surface area contributed by atoms with E-state index in [1.165, 1.54) is 0 Å². The van der Waals surface area contributed by atoms with Gasteiger partial charge in [0, 0.05) is 13.1 Å². The lowest BCUT2D eigenvalue weighted by molar-refractivity contribution is -0.150. The second kappa shape index (κ2) is 6.32. The van der Waals surface area contributed by atoms with E-state index in [-0.39, 0.29) is 12.5 Å². The molecule has 1 aliphatic heterocycles. The zero-order chi connectivity index (χ0) is 16.3. The maximum atomic E-state index is 11.9. The highest BCUT2D eigenvalue weighted by Crippen LogP contribution is 2.30. The minimum atomic E-state index is -1.14. The molecule has 120 valence electrons. The molecule has 0 aliphatic carbocycles. The minimum Gasteiger partial charge on any atom is -0.481 e. The zero-order valence-electron chi connectivity index (χ0n) is 13.2. The van der Waals surface area contributed by atoms with E-state index in [4.69, 9.17) is 0 Å². The fraction of sp³-hybridized carbons (Fsp3) is 0.786. The number of urea groups is 1. The number of nitrogens with one attached hydrogen (secondary N) is 2. The van der Waals surface area contributed by atoms with Gasteiger partial charge in [0.1, 0.15) is 0 Å². The average Bonchev–Trinajstić information content (AvgIpc) is 2.88. The van der Waals surface area contributed by atoms with Gasteiger partial charge in [-0.15, -0.1) is 0 Å². The van der Waals surface area contributed by atoms with Gasteiger partial charge in [0.05, 0.1) is 17.5 Å². The summed E-state index contributed by atoms with van der Waals surface area (Å²) in [6.07, 6.45) is 2.00. The second-order valence-electron chi connectivity index (χ2n) is 6.45. The standard InChI is InChI=1S/C14H25N3O4/c1-13(2,11(19)20)14(3,4)16-12(21)15-9-10(18)17-7-5-6-8-17/h5-9H2,1-4H3,(H,19,20)(H2,15,16,21). The van der Waals surface area contributed by atoms with Crippen molar-refractivity contribution < 1.29 is 19.5 Å². The Bertz CT molecular complexity index is 426. The number of carboxylic acid groups (broad SMARTS) is 1. The van der Waals surface area contributed by atoms with Gasteiger partial charge < -0.3 is 20.6 Å². The second-order valence-corrected chi connectivity index (χ2v) is 6.45. The van der Waals surface area contributed by atoms with Gasteiger partial charge in [-0.3, -0.25) is 9.59 Å². The molecule has 0 saturated carbocycles. The van der Waals surface area contributed by atoms with E-state index in [0.29, 0.717) is 0 Å². The van der Waals surface area contributed by atoms with Crippen LogP contribution in [0, 0.1) is 5.41 Å². The van der Waals surface area contributed by atoms with Crippen LogP contribution in [-0.2, 0) is 9.59 Å². The first-order valence-corrected chi connectivity index (χ1v) is 7.15. The van der Waals surface area contributed by atoms with Crippen LogP contribution in [0.25, 0.3) is 0 Å². The number of rotatable bonds is 5. The van der Waals surface area contributed by atoms with Crippen molar-refractivity contribution in [1.29, 1.82) is 0 Å². The number of likely N-dealkylation sites (tertiary alicyclic amines) is 1. The van der Waals surface area contributed by atoms with Gasteiger partial charge in [-0.2, -0.15) is 0 Å². The number of carbonyl (C=O) groups is 3. The highest BCUT2D eigenvalue weighted by atomic mass is 16.4. The minimum absolute atomic E-state index is 0.0740. The molecule has 0 radical (unpaired) electrons. The van der Waals surface area contributed by atoms with Crippen molar-refractivity contribution in [1.82, 2.24) is 15.5 Å². The van der Waals surface area contributed by atoms with Crippen molar-refractivity contribution in [2.24, 2.45) is 5.41 Å². The van der Waals surface area contributed by atoms with Crippen LogP contribution in [0.1, 0.15) is 40.5 Å². The summed E-state index contributed by atoms with van der Waals surface area (Å²) < 4.78 is 0. The first-order valence-electron chi connectivity index (χ1n) is 7.15. The van der Waals surface area contributed by atoms with Crippen LogP contribution in [0.3, 0.4) is 0 Å². The molecule has 3 amide bonds. The molecule has 1 fully saturated rings. The molecule has 1 aliphatic rings. The molecule has 0 aromatic heterocycles. The third-order valence-electron chi connectivity index (χ3n) is 4.38. The first kappa shape index (κ1) is 17.3. The van der Waals surface area contributed by atoms with Crippen LogP contribution in [0.15, 0.2) is 0 Å². The van der Waals surface area contributed by atoms with Crippen molar-refractivity contribution in [3.63, 3.8) is 0 Å². The molecule has 21 heavy (non-hydrogen) atoms. The van der Waals surface area contributed by atoms with Crippen molar-refractivity contribution in [2.75, 3.05) is 19.6 Å². The number of amides is 3. The summed E-state index contributed by atoms with van der Waals surface area (Å²) >= 11 is 0. The molecule has 1 saturated heterocycles. The summed E-state index contributed by atoms with van der Waals surface area (Å²) in [4.78, 5) is 36.6. The summed E-state index contributed by atoms with van der Waals surface area (Å²) in [6, 6.07) is -0.540. The van der Waals surface area contributed by atoms with Gasteiger partial charge in [0.25, 0.3) is 0 Å². The fourth-order valence-corrected chi connectivity index (χ4v) is 1.99. The lowest BCUT2D eigenvalue weighted by Gasteiger charge is -2.38. The molecule has 0 bridgehead atoms. The number of hydrogen-bond donors (Lipinski definition) is 3. The maximum Gasteiger partial charge on any atom is 0.315 e. The highest BCUT2D eigenvalue weighted by molar-refractivity contribution is 5.85. The van der Waals surface area contributed by atoms with E-state index in [1.54, 1.807) is 32.6 Å². The average molecular weight is 299 g/mol. The Hall–Kier alpha value is -1.79. The molecule has 7 heteroatoms. The van der Waals surface area contributed by atoms with E-state index in [0.717, 1.165) is 25.9 Å². The van der Waals surface area contributed by atoms with Gasteiger partial charge in [0.2, 0.25) is 5.91 Å². The Kier molecular flexibility index (Phi) is 5.20. The van der Waals surface area contributed by atoms with Gasteiger partial charge >= 0.3 is 12.0 Å². The van der Waals surface area contributed by atoms with E-state index in [1.807, 2.05) is 0 Å². The van der Waals surface area contributed by atoms with E-state index >= 15 is 0 Å². The Morgan fingerprint density at radius 2 is 1.62 bits per heavy atom. The van der Waals surface area contributed by atoms with Gasteiger partial charge in [-0.05, 0) is 40.5 Å². The highest BCUT2D eigenvalue weighted by Gasteiger charge is 2.44. The number of aliphatic carboxylic acids is 1. The molecule has 1 heterocycles. The van der Waals surface area contributed by atoms with Crippen molar-refractivity contribution in [3.8, 4) is 0 Å². The van der Waals surface area contributed by atoms with Crippen LogP contribution >= 0.6 is 0 Å². The number of carboxylic acids is 1. The van der Waals surface area contributed by atoms with Crippen molar-refractivity contribution in [3.05, 3.63) is 0 Å². The molecule has 0 spiro atoms. The molecule has 0 aromatic carbocycles. The summed E-state index contributed by atoms with van der Waals surface area (Å²) in [5.41, 5.74) is -2.09. The summed E-state index contributed by atoms with van der Waals surface area (Å²) in [7, 11) is 0. The van der Waals surface area contributed by atoms with Crippen molar-refractivity contribution >= 4 is 17.9 Å². The Morgan fingerprint density at radius 3 is 2.10 bits per heavy atom. The first-order chi connectivity index (χ1) is 9.58. The smallest absolute Gasteiger partial charge is 0.315 e. The van der Waals surface area contributed by atoms with E-state index < -0.39 is 23.0 Å². The quantitative estimate of drug-likeness (QED) is 0.699. The summed E-state index contributed by atoms with van der Waals surface area (Å²) in [6.45, 7) is 7.77. The van der Waals surface area contributed by atoms with Crippen molar-refractivity contribution in [2.45, 2.75) is 46.1 Å². The Morgan fingerprint density at radius 1 is 1.10 bits per heavy atom. The van der Waals surface area contributed by atoms with E-state index in [9.17, 15) is 19.5 Å². The lowest BCUT2D eigenvalue weighted by atomic mass is 9.74. The lowest BCUT2D eigenvalue weighted by Crippen LogP contribution is -2.59. The molecule has 1 rings (SSSR count). The SMILES string of the molecule is CC(C)(NC(=O)NCC(=O)N1CCCC1)C(C)(C)C(=O)O. The molecular weight excluding hydrogens is 274 g/mol. The molecular formula is C14H25N3O4. The topological polar surface area (TPSA) is 98.7 Å².